The van der Waals surface area contributed by atoms with Crippen LogP contribution >= 0.6 is 0 Å². The van der Waals surface area contributed by atoms with Gasteiger partial charge in [-0.3, -0.25) is 4.79 Å². The number of benzene rings is 1. The van der Waals surface area contributed by atoms with E-state index in [4.69, 9.17) is 0 Å². The molecular formula is C21H28N2O. The molecule has 0 spiro atoms. The Balaban J connectivity index is 1.45. The summed E-state index contributed by atoms with van der Waals surface area (Å²) in [6, 6.07) is 11.0. The number of aryl methyl sites for hydroxylation is 1. The third-order valence-electron chi connectivity index (χ3n) is 5.98. The molecule has 2 fully saturated rings. The third-order valence-corrected chi connectivity index (χ3v) is 5.98. The molecule has 2 atom stereocenters. The summed E-state index contributed by atoms with van der Waals surface area (Å²) in [5, 5.41) is 1.25. The van der Waals surface area contributed by atoms with Gasteiger partial charge in [0.05, 0.1) is 0 Å². The van der Waals surface area contributed by atoms with Crippen LogP contribution in [0.5, 0.6) is 0 Å². The van der Waals surface area contributed by atoms with Gasteiger partial charge in [0, 0.05) is 37.3 Å². The second-order valence-electron chi connectivity index (χ2n) is 9.05. The summed E-state index contributed by atoms with van der Waals surface area (Å²) < 4.78 is 2.21. The van der Waals surface area contributed by atoms with Crippen LogP contribution in [0.2, 0.25) is 0 Å². The molecule has 2 aromatic rings. The van der Waals surface area contributed by atoms with E-state index >= 15 is 0 Å². The number of carbonyl (C=O) groups excluding carboxylic acids is 1. The maximum atomic E-state index is 12.9. The zero-order chi connectivity index (χ0) is 16.9. The van der Waals surface area contributed by atoms with Crippen molar-refractivity contribution in [1.82, 2.24) is 9.47 Å². The van der Waals surface area contributed by atoms with E-state index in [0.717, 1.165) is 19.5 Å². The van der Waals surface area contributed by atoms with Crippen LogP contribution in [0, 0.1) is 10.8 Å². The number of para-hydroxylation sites is 1. The molecule has 2 aliphatic rings. The highest BCUT2D eigenvalue weighted by molar-refractivity contribution is 5.81. The molecule has 0 N–H and O–H groups in total. The molecule has 128 valence electrons. The summed E-state index contributed by atoms with van der Waals surface area (Å²) in [4.78, 5) is 15.1. The predicted molar refractivity (Wildman–Crippen MR) is 97.8 cm³/mol. The Morgan fingerprint density at radius 3 is 2.79 bits per heavy atom. The average molecular weight is 324 g/mol. The minimum atomic E-state index is 0.322. The molecular weight excluding hydrogens is 296 g/mol. The molecule has 1 aliphatic heterocycles. The van der Waals surface area contributed by atoms with Crippen molar-refractivity contribution in [3.63, 3.8) is 0 Å². The normalized spacial score (nSPS) is 28.5. The summed E-state index contributed by atoms with van der Waals surface area (Å²) in [5.41, 5.74) is 1.91. The molecule has 1 aliphatic carbocycles. The van der Waals surface area contributed by atoms with Crippen LogP contribution in [0.1, 0.15) is 46.5 Å². The van der Waals surface area contributed by atoms with Gasteiger partial charge in [-0.25, -0.2) is 0 Å². The zero-order valence-electron chi connectivity index (χ0n) is 15.1. The average Bonchev–Trinajstić information content (AvgIpc) is 3.02. The van der Waals surface area contributed by atoms with Crippen LogP contribution in [0.4, 0.5) is 0 Å². The van der Waals surface area contributed by atoms with Gasteiger partial charge in [-0.05, 0) is 47.6 Å². The zero-order valence-corrected chi connectivity index (χ0v) is 15.1. The monoisotopic (exact) mass is 324 g/mol. The molecule has 0 radical (unpaired) electrons. The number of carbonyl (C=O) groups is 1. The first-order chi connectivity index (χ1) is 11.4. The molecule has 3 nitrogen and oxygen atoms in total. The quantitative estimate of drug-likeness (QED) is 0.818. The number of aromatic nitrogens is 1. The molecule has 4 rings (SSSR count). The molecule has 1 saturated carbocycles. The van der Waals surface area contributed by atoms with Gasteiger partial charge >= 0.3 is 0 Å². The van der Waals surface area contributed by atoms with E-state index in [1.165, 1.54) is 23.7 Å². The summed E-state index contributed by atoms with van der Waals surface area (Å²) in [6.45, 7) is 8.81. The first-order valence-electron chi connectivity index (χ1n) is 9.19. The van der Waals surface area contributed by atoms with E-state index in [1.807, 2.05) is 0 Å². The van der Waals surface area contributed by atoms with Crippen molar-refractivity contribution in [2.24, 2.45) is 10.8 Å². The van der Waals surface area contributed by atoms with E-state index < -0.39 is 0 Å². The number of fused-ring (bicyclic) bond motifs is 3. The van der Waals surface area contributed by atoms with Crippen LogP contribution in [-0.4, -0.2) is 28.0 Å². The van der Waals surface area contributed by atoms with E-state index in [1.54, 1.807) is 0 Å². The van der Waals surface area contributed by atoms with Gasteiger partial charge in [-0.15, -0.1) is 0 Å². The Hall–Kier alpha value is -1.77. The van der Waals surface area contributed by atoms with Crippen LogP contribution in [0.15, 0.2) is 36.5 Å². The molecule has 3 heteroatoms. The highest BCUT2D eigenvalue weighted by atomic mass is 16.2. The van der Waals surface area contributed by atoms with Crippen molar-refractivity contribution in [3.05, 3.63) is 36.5 Å². The highest BCUT2D eigenvalue weighted by Gasteiger charge is 2.50. The molecule has 2 heterocycles. The minimum Gasteiger partial charge on any atom is -0.347 e. The number of rotatable bonds is 3. The summed E-state index contributed by atoms with van der Waals surface area (Å²) in [7, 11) is 0. The van der Waals surface area contributed by atoms with Gasteiger partial charge in [0.2, 0.25) is 5.91 Å². The molecule has 24 heavy (non-hydrogen) atoms. The number of nitrogens with zero attached hydrogens (tertiary/aromatic N) is 2. The van der Waals surface area contributed by atoms with Gasteiger partial charge in [0.1, 0.15) is 0 Å². The fourth-order valence-corrected chi connectivity index (χ4v) is 5.45. The van der Waals surface area contributed by atoms with Crippen LogP contribution < -0.4 is 0 Å². The van der Waals surface area contributed by atoms with Gasteiger partial charge < -0.3 is 9.47 Å². The molecule has 1 amide bonds. The predicted octanol–water partition coefficient (Wildman–Crippen LogP) is 4.46. The highest BCUT2D eigenvalue weighted by Crippen LogP contribution is 2.52. The second kappa shape index (κ2) is 5.37. The van der Waals surface area contributed by atoms with Crippen LogP contribution in [-0.2, 0) is 11.3 Å². The summed E-state index contributed by atoms with van der Waals surface area (Å²) in [6.07, 6.45) is 6.29. The Labute approximate surface area is 144 Å². The lowest BCUT2D eigenvalue weighted by Crippen LogP contribution is -2.38. The van der Waals surface area contributed by atoms with Crippen molar-refractivity contribution in [2.45, 2.75) is 59.0 Å². The van der Waals surface area contributed by atoms with E-state index in [9.17, 15) is 4.79 Å². The maximum Gasteiger partial charge on any atom is 0.224 e. The Bertz CT molecular complexity index is 775. The summed E-state index contributed by atoms with van der Waals surface area (Å²) in [5.74, 6) is 0.333. The maximum absolute atomic E-state index is 12.9. The Kier molecular flexibility index (Phi) is 3.52. The molecule has 1 saturated heterocycles. The number of amides is 1. The first kappa shape index (κ1) is 15.7. The lowest BCUT2D eigenvalue weighted by atomic mass is 9.65. The van der Waals surface area contributed by atoms with E-state index in [2.05, 4.69) is 66.8 Å². The smallest absolute Gasteiger partial charge is 0.224 e. The van der Waals surface area contributed by atoms with Gasteiger partial charge in [-0.2, -0.15) is 0 Å². The van der Waals surface area contributed by atoms with E-state index in [-0.39, 0.29) is 0 Å². The van der Waals surface area contributed by atoms with Crippen molar-refractivity contribution >= 4 is 16.8 Å². The lowest BCUT2D eigenvalue weighted by Gasteiger charge is -2.39. The number of hydrogen-bond acceptors (Lipinski definition) is 1. The van der Waals surface area contributed by atoms with Gasteiger partial charge in [0.25, 0.3) is 0 Å². The number of likely N-dealkylation sites (tertiary alicyclic amines) is 1. The van der Waals surface area contributed by atoms with Crippen molar-refractivity contribution < 1.29 is 4.79 Å². The second-order valence-corrected chi connectivity index (χ2v) is 9.05. The van der Waals surface area contributed by atoms with Gasteiger partial charge in [0.15, 0.2) is 0 Å². The van der Waals surface area contributed by atoms with Gasteiger partial charge in [-0.1, -0.05) is 39.0 Å². The van der Waals surface area contributed by atoms with Crippen LogP contribution in [0.25, 0.3) is 10.9 Å². The molecule has 1 aromatic heterocycles. The van der Waals surface area contributed by atoms with Crippen LogP contribution in [0.3, 0.4) is 0 Å². The molecule has 2 unspecified atom stereocenters. The molecule has 1 aromatic carbocycles. The SMILES string of the molecule is CC1(C)CC2CC(C)(CN2C(=O)CCn2ccc3ccccc32)C1. The fourth-order valence-electron chi connectivity index (χ4n) is 5.45. The lowest BCUT2D eigenvalue weighted by molar-refractivity contribution is -0.132. The molecule has 2 bridgehead atoms. The number of hydrogen-bond donors (Lipinski definition) is 0. The van der Waals surface area contributed by atoms with E-state index in [0.29, 0.717) is 29.2 Å². The largest absolute Gasteiger partial charge is 0.347 e. The Morgan fingerprint density at radius 1 is 1.17 bits per heavy atom. The van der Waals surface area contributed by atoms with Crippen molar-refractivity contribution in [1.29, 1.82) is 0 Å². The minimum absolute atomic E-state index is 0.322. The standard InChI is InChI=1S/C21H28N2O/c1-20(2)12-17-13-21(3,14-20)15-23(17)19(24)9-11-22-10-8-16-6-4-5-7-18(16)22/h4-8,10,17H,9,11-15H2,1-3H3. The fraction of sp³-hybridized carbons (Fsp3) is 0.571. The van der Waals surface area contributed by atoms with Crippen molar-refractivity contribution in [3.8, 4) is 0 Å². The van der Waals surface area contributed by atoms with Crippen molar-refractivity contribution in [2.75, 3.05) is 6.54 Å². The summed E-state index contributed by atoms with van der Waals surface area (Å²) >= 11 is 0. The third kappa shape index (κ3) is 2.74. The first-order valence-corrected chi connectivity index (χ1v) is 9.19. The Morgan fingerprint density at radius 2 is 1.96 bits per heavy atom. The topological polar surface area (TPSA) is 25.2 Å².